The standard InChI is InChI=1S/C21H27N3O/c1-16(25)23-12-6-7-17(14-23)21-10-4-5-11-24(21)15-18-13-22-20-9-3-2-8-19(18)20/h2-3,8-9,13-14,21-22H,4-7,10-12,15H2,1H3. The van der Waals surface area contributed by atoms with Gasteiger partial charge in [0, 0.05) is 49.4 Å². The van der Waals surface area contributed by atoms with Crippen molar-refractivity contribution >= 4 is 16.8 Å². The number of likely N-dealkylation sites (tertiary alicyclic amines) is 1. The molecule has 1 amide bonds. The zero-order valence-electron chi connectivity index (χ0n) is 15.0. The number of carbonyl (C=O) groups is 1. The lowest BCUT2D eigenvalue weighted by Crippen LogP contribution is -2.42. The fraction of sp³-hybridized carbons (Fsp3) is 0.476. The fourth-order valence-electron chi connectivity index (χ4n) is 4.37. The zero-order chi connectivity index (χ0) is 17.2. The van der Waals surface area contributed by atoms with Gasteiger partial charge in [0.15, 0.2) is 0 Å². The second-order valence-corrected chi connectivity index (χ2v) is 7.36. The first-order valence-electron chi connectivity index (χ1n) is 9.49. The molecule has 0 saturated carbocycles. The molecule has 0 bridgehead atoms. The molecule has 132 valence electrons. The second kappa shape index (κ2) is 7.04. The van der Waals surface area contributed by atoms with E-state index in [0.29, 0.717) is 6.04 Å². The Morgan fingerprint density at radius 3 is 2.96 bits per heavy atom. The van der Waals surface area contributed by atoms with Gasteiger partial charge in [-0.3, -0.25) is 9.69 Å². The van der Waals surface area contributed by atoms with Crippen LogP contribution in [-0.4, -0.2) is 39.8 Å². The first kappa shape index (κ1) is 16.4. The van der Waals surface area contributed by atoms with Crippen LogP contribution in [0.25, 0.3) is 10.9 Å². The number of benzene rings is 1. The Labute approximate surface area is 149 Å². The highest BCUT2D eigenvalue weighted by molar-refractivity contribution is 5.83. The van der Waals surface area contributed by atoms with E-state index in [4.69, 9.17) is 0 Å². The molecular formula is C21H27N3O. The summed E-state index contributed by atoms with van der Waals surface area (Å²) in [6.45, 7) is 4.66. The minimum atomic E-state index is 0.163. The molecule has 1 N–H and O–H groups in total. The maximum atomic E-state index is 11.8. The van der Waals surface area contributed by atoms with Crippen molar-refractivity contribution in [3.8, 4) is 0 Å². The second-order valence-electron chi connectivity index (χ2n) is 7.36. The summed E-state index contributed by atoms with van der Waals surface area (Å²) in [5.41, 5.74) is 4.04. The van der Waals surface area contributed by atoms with Crippen LogP contribution in [0, 0.1) is 0 Å². The number of aromatic amines is 1. The number of carbonyl (C=O) groups excluding carboxylic acids is 1. The largest absolute Gasteiger partial charge is 0.361 e. The molecular weight excluding hydrogens is 310 g/mol. The lowest BCUT2D eigenvalue weighted by molar-refractivity contribution is -0.126. The monoisotopic (exact) mass is 337 g/mol. The van der Waals surface area contributed by atoms with E-state index in [2.05, 4.69) is 46.5 Å². The van der Waals surface area contributed by atoms with E-state index < -0.39 is 0 Å². The molecule has 2 aliphatic rings. The van der Waals surface area contributed by atoms with Gasteiger partial charge in [-0.2, -0.15) is 0 Å². The number of piperidine rings is 1. The summed E-state index contributed by atoms with van der Waals surface area (Å²) in [6.07, 6.45) is 10.3. The van der Waals surface area contributed by atoms with Crippen molar-refractivity contribution < 1.29 is 4.79 Å². The van der Waals surface area contributed by atoms with E-state index >= 15 is 0 Å². The molecule has 4 nitrogen and oxygen atoms in total. The number of amides is 1. The lowest BCUT2D eigenvalue weighted by atomic mass is 9.91. The highest BCUT2D eigenvalue weighted by atomic mass is 16.2. The first-order chi connectivity index (χ1) is 12.2. The van der Waals surface area contributed by atoms with Gasteiger partial charge in [0.1, 0.15) is 0 Å². The number of H-pyrrole nitrogens is 1. The Morgan fingerprint density at radius 1 is 1.20 bits per heavy atom. The summed E-state index contributed by atoms with van der Waals surface area (Å²) < 4.78 is 0. The van der Waals surface area contributed by atoms with Gasteiger partial charge in [0.05, 0.1) is 0 Å². The summed E-state index contributed by atoms with van der Waals surface area (Å²) >= 11 is 0. The SMILES string of the molecule is CC(=O)N1C=C(C2CCCCN2Cc2c[nH]c3ccccc23)CCC1. The smallest absolute Gasteiger partial charge is 0.223 e. The first-order valence-corrected chi connectivity index (χ1v) is 9.49. The van der Waals surface area contributed by atoms with E-state index in [9.17, 15) is 4.79 Å². The third-order valence-electron chi connectivity index (χ3n) is 5.68. The van der Waals surface area contributed by atoms with E-state index in [0.717, 1.165) is 32.5 Å². The van der Waals surface area contributed by atoms with Gasteiger partial charge < -0.3 is 9.88 Å². The van der Waals surface area contributed by atoms with Crippen LogP contribution in [0.2, 0.25) is 0 Å². The summed E-state index contributed by atoms with van der Waals surface area (Å²) in [4.78, 5) is 19.7. The van der Waals surface area contributed by atoms with Crippen molar-refractivity contribution in [2.45, 2.75) is 51.6 Å². The number of aromatic nitrogens is 1. The van der Waals surface area contributed by atoms with Gasteiger partial charge in [-0.15, -0.1) is 0 Å². The van der Waals surface area contributed by atoms with Gasteiger partial charge in [0.25, 0.3) is 0 Å². The Hall–Kier alpha value is -2.07. The molecule has 1 unspecified atom stereocenters. The number of hydrogen-bond acceptors (Lipinski definition) is 2. The molecule has 25 heavy (non-hydrogen) atoms. The van der Waals surface area contributed by atoms with Crippen LogP contribution in [0.1, 0.15) is 44.6 Å². The van der Waals surface area contributed by atoms with E-state index in [-0.39, 0.29) is 5.91 Å². The predicted molar refractivity (Wildman–Crippen MR) is 101 cm³/mol. The van der Waals surface area contributed by atoms with Crippen LogP contribution in [0.5, 0.6) is 0 Å². The van der Waals surface area contributed by atoms with Gasteiger partial charge in [0.2, 0.25) is 5.91 Å². The summed E-state index contributed by atoms with van der Waals surface area (Å²) in [5.74, 6) is 0.163. The molecule has 1 aromatic heterocycles. The summed E-state index contributed by atoms with van der Waals surface area (Å²) in [7, 11) is 0. The molecule has 0 radical (unpaired) electrons. The summed E-state index contributed by atoms with van der Waals surface area (Å²) in [6, 6.07) is 9.01. The Kier molecular flexibility index (Phi) is 4.62. The van der Waals surface area contributed by atoms with Crippen molar-refractivity contribution in [1.29, 1.82) is 0 Å². The number of nitrogens with zero attached hydrogens (tertiary/aromatic N) is 2. The quantitative estimate of drug-likeness (QED) is 0.918. The number of para-hydroxylation sites is 1. The minimum Gasteiger partial charge on any atom is -0.361 e. The average molecular weight is 337 g/mol. The normalized spacial score (nSPS) is 22.2. The van der Waals surface area contributed by atoms with Gasteiger partial charge in [-0.1, -0.05) is 24.6 Å². The van der Waals surface area contributed by atoms with Crippen LogP contribution in [0.15, 0.2) is 42.2 Å². The molecule has 2 aliphatic heterocycles. The molecule has 4 rings (SSSR count). The number of fused-ring (bicyclic) bond motifs is 1. The number of nitrogens with one attached hydrogen (secondary N) is 1. The predicted octanol–water partition coefficient (Wildman–Crippen LogP) is 4.05. The fourth-order valence-corrected chi connectivity index (χ4v) is 4.37. The van der Waals surface area contributed by atoms with Crippen molar-refractivity contribution in [2.24, 2.45) is 0 Å². The lowest BCUT2D eigenvalue weighted by Gasteiger charge is -2.39. The number of hydrogen-bond donors (Lipinski definition) is 1. The van der Waals surface area contributed by atoms with Crippen molar-refractivity contribution in [3.63, 3.8) is 0 Å². The minimum absolute atomic E-state index is 0.163. The molecule has 1 fully saturated rings. The van der Waals surface area contributed by atoms with Crippen molar-refractivity contribution in [3.05, 3.63) is 47.8 Å². The van der Waals surface area contributed by atoms with E-state index in [1.54, 1.807) is 6.92 Å². The molecule has 1 saturated heterocycles. The summed E-state index contributed by atoms with van der Waals surface area (Å²) in [5, 5.41) is 1.33. The van der Waals surface area contributed by atoms with E-state index in [1.165, 1.54) is 41.3 Å². The molecule has 3 heterocycles. The molecule has 1 atom stereocenters. The van der Waals surface area contributed by atoms with Crippen LogP contribution < -0.4 is 0 Å². The van der Waals surface area contributed by atoms with Crippen LogP contribution in [0.4, 0.5) is 0 Å². The molecule has 0 spiro atoms. The zero-order valence-corrected chi connectivity index (χ0v) is 15.0. The third-order valence-corrected chi connectivity index (χ3v) is 5.68. The molecule has 4 heteroatoms. The maximum absolute atomic E-state index is 11.8. The van der Waals surface area contributed by atoms with Gasteiger partial charge in [-0.25, -0.2) is 0 Å². The van der Waals surface area contributed by atoms with Gasteiger partial charge in [-0.05, 0) is 49.4 Å². The Bertz CT molecular complexity index is 791. The van der Waals surface area contributed by atoms with Crippen LogP contribution in [-0.2, 0) is 11.3 Å². The number of rotatable bonds is 3. The molecule has 0 aliphatic carbocycles. The Balaban J connectivity index is 1.58. The van der Waals surface area contributed by atoms with Crippen molar-refractivity contribution in [1.82, 2.24) is 14.8 Å². The highest BCUT2D eigenvalue weighted by Gasteiger charge is 2.28. The van der Waals surface area contributed by atoms with Crippen LogP contribution >= 0.6 is 0 Å². The average Bonchev–Trinajstić information content (AvgIpc) is 3.05. The highest BCUT2D eigenvalue weighted by Crippen LogP contribution is 2.31. The molecule has 1 aromatic carbocycles. The molecule has 2 aromatic rings. The third kappa shape index (κ3) is 3.36. The van der Waals surface area contributed by atoms with E-state index in [1.807, 2.05) is 4.90 Å². The van der Waals surface area contributed by atoms with Crippen molar-refractivity contribution in [2.75, 3.05) is 13.1 Å². The van der Waals surface area contributed by atoms with Gasteiger partial charge >= 0.3 is 0 Å². The maximum Gasteiger partial charge on any atom is 0.223 e. The van der Waals surface area contributed by atoms with Crippen LogP contribution in [0.3, 0.4) is 0 Å². The Morgan fingerprint density at radius 2 is 2.08 bits per heavy atom. The topological polar surface area (TPSA) is 39.3 Å².